The number of nitrogens with zero attached hydrogens (tertiary/aromatic N) is 2. The van der Waals surface area contributed by atoms with E-state index in [1.165, 1.54) is 6.20 Å². The van der Waals surface area contributed by atoms with Crippen LogP contribution >= 0.6 is 0 Å². The summed E-state index contributed by atoms with van der Waals surface area (Å²) in [5.41, 5.74) is -2.26. The van der Waals surface area contributed by atoms with Crippen molar-refractivity contribution in [1.29, 1.82) is 0 Å². The second-order valence-corrected chi connectivity index (χ2v) is 5.28. The van der Waals surface area contributed by atoms with Gasteiger partial charge in [0.05, 0.1) is 0 Å². The van der Waals surface area contributed by atoms with Crippen LogP contribution in [0.25, 0.3) is 0 Å². The Hall–Kier alpha value is -2.90. The van der Waals surface area contributed by atoms with Crippen molar-refractivity contribution in [3.8, 4) is 0 Å². The number of alkyl halides is 3. The van der Waals surface area contributed by atoms with Crippen LogP contribution in [-0.2, 0) is 4.79 Å². The van der Waals surface area contributed by atoms with E-state index in [0.29, 0.717) is 11.1 Å². The number of hydrogen-bond donors (Lipinski definition) is 2. The van der Waals surface area contributed by atoms with E-state index in [1.807, 2.05) is 0 Å². The van der Waals surface area contributed by atoms with Crippen LogP contribution in [0.1, 0.15) is 11.1 Å². The average Bonchev–Trinajstić information content (AvgIpc) is 2.88. The van der Waals surface area contributed by atoms with E-state index in [9.17, 15) is 18.0 Å². The lowest BCUT2D eigenvalue weighted by molar-refractivity contribution is -0.181. The number of rotatable bonds is 3. The van der Waals surface area contributed by atoms with Crippen molar-refractivity contribution in [3.63, 3.8) is 0 Å². The van der Waals surface area contributed by atoms with Gasteiger partial charge in [0, 0.05) is 11.8 Å². The number of pyridine rings is 1. The molecule has 2 aromatic rings. The fourth-order valence-electron chi connectivity index (χ4n) is 2.31. The minimum Gasteiger partial charge on any atom is -0.330 e. The molecule has 0 fully saturated rings. The van der Waals surface area contributed by atoms with Gasteiger partial charge in [0.15, 0.2) is 0 Å². The van der Waals surface area contributed by atoms with E-state index in [1.54, 1.807) is 49.4 Å². The van der Waals surface area contributed by atoms with Crippen LogP contribution < -0.4 is 10.6 Å². The third-order valence-corrected chi connectivity index (χ3v) is 3.61. The van der Waals surface area contributed by atoms with Gasteiger partial charge in [-0.15, -0.1) is 0 Å². The van der Waals surface area contributed by atoms with Crippen molar-refractivity contribution in [2.24, 2.45) is 4.99 Å². The Morgan fingerprint density at radius 1 is 1.12 bits per heavy atom. The maximum atomic E-state index is 13.7. The molecule has 0 unspecified atom stereocenters. The van der Waals surface area contributed by atoms with E-state index < -0.39 is 17.7 Å². The molecule has 1 aromatic heterocycles. The summed E-state index contributed by atoms with van der Waals surface area (Å²) >= 11 is 0. The molecule has 0 saturated carbocycles. The first-order chi connectivity index (χ1) is 11.3. The number of aryl methyl sites for hydroxylation is 1. The zero-order valence-electron chi connectivity index (χ0n) is 12.6. The standard InChI is InChI=1S/C16H13F3N4O/c1-10-6-5-9-20-12(10)22-15(16(17,18)19)14(24)21-13(23-15)11-7-3-2-4-8-11/h2-9H,1H3,(H,20,22)(H,21,23,24)/t15-/m1/s1. The molecular formula is C16H13F3N4O. The quantitative estimate of drug-likeness (QED) is 0.907. The zero-order chi connectivity index (χ0) is 17.4. The predicted molar refractivity (Wildman–Crippen MR) is 82.5 cm³/mol. The molecule has 0 saturated heterocycles. The van der Waals surface area contributed by atoms with Crippen LogP contribution in [0.5, 0.6) is 0 Å². The summed E-state index contributed by atoms with van der Waals surface area (Å²) < 4.78 is 41.1. The first-order valence-corrected chi connectivity index (χ1v) is 7.07. The fraction of sp³-hybridized carbons (Fsp3) is 0.188. The fourth-order valence-corrected chi connectivity index (χ4v) is 2.31. The van der Waals surface area contributed by atoms with E-state index >= 15 is 0 Å². The molecule has 0 bridgehead atoms. The smallest absolute Gasteiger partial charge is 0.330 e. The van der Waals surface area contributed by atoms with Gasteiger partial charge in [-0.05, 0) is 18.6 Å². The van der Waals surface area contributed by atoms with Crippen LogP contribution in [0.2, 0.25) is 0 Å². The summed E-state index contributed by atoms with van der Waals surface area (Å²) in [6, 6.07) is 11.3. The van der Waals surface area contributed by atoms with Crippen LogP contribution in [0, 0.1) is 6.92 Å². The molecule has 1 aliphatic heterocycles. The summed E-state index contributed by atoms with van der Waals surface area (Å²) in [6.45, 7) is 1.59. The van der Waals surface area contributed by atoms with Crippen molar-refractivity contribution < 1.29 is 18.0 Å². The van der Waals surface area contributed by atoms with Gasteiger partial charge in [0.25, 0.3) is 5.91 Å². The van der Waals surface area contributed by atoms with E-state index in [2.05, 4.69) is 20.6 Å². The first-order valence-electron chi connectivity index (χ1n) is 7.07. The van der Waals surface area contributed by atoms with Gasteiger partial charge < -0.3 is 10.6 Å². The van der Waals surface area contributed by atoms with Crippen molar-refractivity contribution in [2.75, 3.05) is 5.32 Å². The Morgan fingerprint density at radius 2 is 1.83 bits per heavy atom. The molecule has 3 rings (SSSR count). The number of carbonyl (C=O) groups is 1. The number of hydrogen-bond acceptors (Lipinski definition) is 4. The summed E-state index contributed by atoms with van der Waals surface area (Å²) in [7, 11) is 0. The van der Waals surface area contributed by atoms with E-state index in [-0.39, 0.29) is 11.7 Å². The highest BCUT2D eigenvalue weighted by atomic mass is 19.4. The molecule has 0 radical (unpaired) electrons. The normalized spacial score (nSPS) is 20.5. The summed E-state index contributed by atoms with van der Waals surface area (Å²) in [6.07, 6.45) is -3.61. The topological polar surface area (TPSA) is 66.4 Å². The lowest BCUT2D eigenvalue weighted by atomic mass is 10.1. The second kappa shape index (κ2) is 5.63. The van der Waals surface area contributed by atoms with Gasteiger partial charge in [-0.1, -0.05) is 36.4 Å². The Balaban J connectivity index is 2.08. The third kappa shape index (κ3) is 2.60. The monoisotopic (exact) mass is 334 g/mol. The number of carbonyl (C=O) groups excluding carboxylic acids is 1. The van der Waals surface area contributed by atoms with Crippen molar-refractivity contribution >= 4 is 17.6 Å². The predicted octanol–water partition coefficient (Wildman–Crippen LogP) is 2.64. The molecule has 1 atom stereocenters. The van der Waals surface area contributed by atoms with Gasteiger partial charge in [0.2, 0.25) is 0 Å². The molecule has 24 heavy (non-hydrogen) atoms. The number of amides is 1. The van der Waals surface area contributed by atoms with Crippen molar-refractivity contribution in [3.05, 3.63) is 59.8 Å². The molecule has 124 valence electrons. The van der Waals surface area contributed by atoms with Crippen molar-refractivity contribution in [2.45, 2.75) is 18.8 Å². The van der Waals surface area contributed by atoms with Crippen LogP contribution in [-0.4, -0.2) is 28.6 Å². The number of aliphatic imine (C=N–C) groups is 1. The highest BCUT2D eigenvalue weighted by Gasteiger charge is 2.64. The van der Waals surface area contributed by atoms with Gasteiger partial charge >= 0.3 is 11.8 Å². The Kier molecular flexibility index (Phi) is 3.75. The van der Waals surface area contributed by atoms with Crippen LogP contribution in [0.15, 0.2) is 53.7 Å². The van der Waals surface area contributed by atoms with Crippen LogP contribution in [0.4, 0.5) is 19.0 Å². The maximum absolute atomic E-state index is 13.7. The number of nitrogens with one attached hydrogen (secondary N) is 2. The average molecular weight is 334 g/mol. The molecular weight excluding hydrogens is 321 g/mol. The summed E-state index contributed by atoms with van der Waals surface area (Å²) in [4.78, 5) is 19.7. The minimum absolute atomic E-state index is 0.0527. The lowest BCUT2D eigenvalue weighted by Gasteiger charge is -2.28. The maximum Gasteiger partial charge on any atom is 0.442 e. The molecule has 5 nitrogen and oxygen atoms in total. The lowest BCUT2D eigenvalue weighted by Crippen LogP contribution is -2.57. The molecule has 1 aromatic carbocycles. The number of benzene rings is 1. The molecule has 2 N–H and O–H groups in total. The number of anilines is 1. The minimum atomic E-state index is -4.95. The largest absolute Gasteiger partial charge is 0.442 e. The molecule has 8 heteroatoms. The summed E-state index contributed by atoms with van der Waals surface area (Å²) in [5.74, 6) is -1.49. The van der Waals surface area contributed by atoms with Gasteiger partial charge in [-0.2, -0.15) is 13.2 Å². The van der Waals surface area contributed by atoms with E-state index in [0.717, 1.165) is 0 Å². The molecule has 0 aliphatic carbocycles. The molecule has 1 aliphatic rings. The molecule has 1 amide bonds. The number of amidine groups is 1. The number of halogens is 3. The molecule has 2 heterocycles. The third-order valence-electron chi connectivity index (χ3n) is 3.61. The highest BCUT2D eigenvalue weighted by molar-refractivity contribution is 6.16. The zero-order valence-corrected chi connectivity index (χ0v) is 12.6. The Morgan fingerprint density at radius 3 is 2.46 bits per heavy atom. The van der Waals surface area contributed by atoms with E-state index in [4.69, 9.17) is 0 Å². The Labute approximate surface area is 135 Å². The Bertz CT molecular complexity index is 804. The number of aromatic nitrogens is 1. The van der Waals surface area contributed by atoms with Gasteiger partial charge in [-0.25, -0.2) is 9.98 Å². The van der Waals surface area contributed by atoms with Crippen LogP contribution in [0.3, 0.4) is 0 Å². The van der Waals surface area contributed by atoms with Crippen molar-refractivity contribution in [1.82, 2.24) is 10.3 Å². The summed E-state index contributed by atoms with van der Waals surface area (Å²) in [5, 5.41) is 4.38. The highest BCUT2D eigenvalue weighted by Crippen LogP contribution is 2.38. The SMILES string of the molecule is Cc1cccnc1N[C@@]1(C(F)(F)F)N=C(c2ccccc2)NC1=O. The first kappa shape index (κ1) is 16.0. The molecule has 0 spiro atoms. The second-order valence-electron chi connectivity index (χ2n) is 5.28. The van der Waals surface area contributed by atoms with Gasteiger partial charge in [-0.3, -0.25) is 4.79 Å². The van der Waals surface area contributed by atoms with Gasteiger partial charge in [0.1, 0.15) is 11.7 Å².